The Kier molecular flexibility index (Phi) is 9.76. The Bertz CT molecular complexity index is 1220. The summed E-state index contributed by atoms with van der Waals surface area (Å²) in [5.74, 6) is -0.674. The van der Waals surface area contributed by atoms with Gasteiger partial charge in [0.2, 0.25) is 0 Å². The van der Waals surface area contributed by atoms with Crippen molar-refractivity contribution in [2.45, 2.75) is 69.3 Å². The summed E-state index contributed by atoms with van der Waals surface area (Å²) < 4.78 is 70.6. The van der Waals surface area contributed by atoms with Crippen LogP contribution in [0.3, 0.4) is 0 Å². The molecule has 2 atom stereocenters. The number of hydrogen-bond donors (Lipinski definition) is 0. The Hall–Kier alpha value is -2.30. The van der Waals surface area contributed by atoms with E-state index in [2.05, 4.69) is 4.18 Å². The number of likely N-dealkylation sites (N-methyl/N-ethyl adjacent to an activating group) is 1. The van der Waals surface area contributed by atoms with E-state index in [1.165, 1.54) is 12.1 Å². The molecule has 0 heterocycles. The van der Waals surface area contributed by atoms with E-state index in [1.54, 1.807) is 12.1 Å². The lowest BCUT2D eigenvalue weighted by Crippen LogP contribution is -2.38. The minimum atomic E-state index is -5.76. The van der Waals surface area contributed by atoms with Gasteiger partial charge in [-0.25, -0.2) is 0 Å². The molecule has 2 aromatic rings. The van der Waals surface area contributed by atoms with Gasteiger partial charge in [0, 0.05) is 10.4 Å². The summed E-state index contributed by atoms with van der Waals surface area (Å²) in [5, 5.41) is 0.621. The Labute approximate surface area is 227 Å². The van der Waals surface area contributed by atoms with Gasteiger partial charge in [0.05, 0.1) is 6.61 Å². The number of hydrogen-bond acceptors (Lipinski definition) is 6. The lowest BCUT2D eigenvalue weighted by atomic mass is 9.72. The summed E-state index contributed by atoms with van der Waals surface area (Å²) in [6, 6.07) is 11.0. The largest absolute Gasteiger partial charge is 0.534 e. The zero-order valence-electron chi connectivity index (χ0n) is 21.7. The molecule has 210 valence electrons. The van der Waals surface area contributed by atoms with Crippen LogP contribution in [-0.4, -0.2) is 51.0 Å². The molecular formula is C27H33ClF3NO5S. The van der Waals surface area contributed by atoms with Gasteiger partial charge in [0.1, 0.15) is 11.8 Å². The minimum Gasteiger partial charge on any atom is -0.465 e. The molecule has 11 heteroatoms. The summed E-state index contributed by atoms with van der Waals surface area (Å²) in [5.41, 5.74) is -2.95. The third-order valence-electron chi connectivity index (χ3n) is 7.16. The highest BCUT2D eigenvalue weighted by atomic mass is 35.5. The van der Waals surface area contributed by atoms with Crippen molar-refractivity contribution in [1.82, 2.24) is 4.90 Å². The second kappa shape index (κ2) is 12.3. The molecule has 0 bridgehead atoms. The van der Waals surface area contributed by atoms with Crippen molar-refractivity contribution in [3.63, 3.8) is 0 Å². The number of esters is 1. The SMILES string of the molecule is CCCCOC(=O)[C@H](C)N(C)CCCC1(c2ccc(OS(=O)(=O)C(F)(F)F)cc2)CCc2cc(Cl)ccc21. The average Bonchev–Trinajstić information content (AvgIpc) is 3.21. The van der Waals surface area contributed by atoms with E-state index in [0.29, 0.717) is 24.6 Å². The highest BCUT2D eigenvalue weighted by molar-refractivity contribution is 7.88. The molecule has 1 unspecified atom stereocenters. The quantitative estimate of drug-likeness (QED) is 0.129. The lowest BCUT2D eigenvalue weighted by Gasteiger charge is -2.33. The highest BCUT2D eigenvalue weighted by Crippen LogP contribution is 2.48. The molecule has 0 N–H and O–H groups in total. The van der Waals surface area contributed by atoms with Crippen molar-refractivity contribution in [2.24, 2.45) is 0 Å². The number of carbonyl (C=O) groups excluding carboxylic acids is 1. The number of ether oxygens (including phenoxy) is 1. The molecule has 1 aliphatic carbocycles. The van der Waals surface area contributed by atoms with Gasteiger partial charge >= 0.3 is 21.6 Å². The van der Waals surface area contributed by atoms with Gasteiger partial charge < -0.3 is 8.92 Å². The number of nitrogens with zero attached hydrogens (tertiary/aromatic N) is 1. The molecule has 0 aliphatic heterocycles. The van der Waals surface area contributed by atoms with Crippen LogP contribution < -0.4 is 4.18 Å². The Morgan fingerprint density at radius 2 is 1.84 bits per heavy atom. The zero-order valence-corrected chi connectivity index (χ0v) is 23.3. The fourth-order valence-corrected chi connectivity index (χ4v) is 5.52. The first-order valence-corrected chi connectivity index (χ1v) is 14.4. The molecule has 0 radical (unpaired) electrons. The number of rotatable bonds is 12. The molecular weight excluding hydrogens is 543 g/mol. The zero-order chi connectivity index (χ0) is 28.1. The molecule has 0 saturated heterocycles. The van der Waals surface area contributed by atoms with Gasteiger partial charge in [-0.2, -0.15) is 21.6 Å². The van der Waals surface area contributed by atoms with Crippen LogP contribution in [0.25, 0.3) is 0 Å². The van der Waals surface area contributed by atoms with Crippen LogP contribution in [0.5, 0.6) is 5.75 Å². The third-order valence-corrected chi connectivity index (χ3v) is 8.37. The molecule has 2 aromatic carbocycles. The van der Waals surface area contributed by atoms with Gasteiger partial charge in [-0.05, 0) is 93.6 Å². The first kappa shape index (κ1) is 30.2. The predicted octanol–water partition coefficient (Wildman–Crippen LogP) is 6.24. The van der Waals surface area contributed by atoms with Crippen molar-refractivity contribution in [3.8, 4) is 5.75 Å². The van der Waals surface area contributed by atoms with Gasteiger partial charge in [0.15, 0.2) is 0 Å². The van der Waals surface area contributed by atoms with Gasteiger partial charge in [-0.15, -0.1) is 0 Å². The van der Waals surface area contributed by atoms with E-state index in [4.69, 9.17) is 16.3 Å². The molecule has 38 heavy (non-hydrogen) atoms. The number of benzene rings is 2. The van der Waals surface area contributed by atoms with Crippen LogP contribution in [0.15, 0.2) is 42.5 Å². The fraction of sp³-hybridized carbons (Fsp3) is 0.519. The topological polar surface area (TPSA) is 72.9 Å². The number of carbonyl (C=O) groups is 1. The molecule has 3 rings (SSSR count). The molecule has 0 fully saturated rings. The third kappa shape index (κ3) is 6.82. The van der Waals surface area contributed by atoms with Gasteiger partial charge in [-0.3, -0.25) is 9.69 Å². The van der Waals surface area contributed by atoms with Crippen LogP contribution in [0.1, 0.15) is 62.6 Å². The second-order valence-electron chi connectivity index (χ2n) is 9.67. The number of aryl methyl sites for hydroxylation is 1. The summed E-state index contributed by atoms with van der Waals surface area (Å²) >= 11 is 6.22. The van der Waals surface area contributed by atoms with E-state index in [0.717, 1.165) is 48.8 Å². The number of fused-ring (bicyclic) bond motifs is 1. The summed E-state index contributed by atoms with van der Waals surface area (Å²) in [6.07, 6.45) is 4.71. The van der Waals surface area contributed by atoms with Crippen molar-refractivity contribution in [1.29, 1.82) is 0 Å². The first-order chi connectivity index (χ1) is 17.8. The lowest BCUT2D eigenvalue weighted by molar-refractivity contribution is -0.149. The summed E-state index contributed by atoms with van der Waals surface area (Å²) in [7, 11) is -3.89. The van der Waals surface area contributed by atoms with Crippen LogP contribution in [0.4, 0.5) is 13.2 Å². The average molecular weight is 576 g/mol. The second-order valence-corrected chi connectivity index (χ2v) is 11.6. The van der Waals surface area contributed by atoms with Crippen LogP contribution in [0.2, 0.25) is 5.02 Å². The highest BCUT2D eigenvalue weighted by Gasteiger charge is 2.48. The molecule has 1 aliphatic rings. The van der Waals surface area contributed by atoms with Crippen molar-refractivity contribution >= 4 is 27.7 Å². The van der Waals surface area contributed by atoms with Gasteiger partial charge in [-0.1, -0.05) is 43.1 Å². The number of alkyl halides is 3. The van der Waals surface area contributed by atoms with E-state index >= 15 is 0 Å². The Morgan fingerprint density at radius 3 is 2.47 bits per heavy atom. The minimum absolute atomic E-state index is 0.263. The predicted molar refractivity (Wildman–Crippen MR) is 140 cm³/mol. The maximum Gasteiger partial charge on any atom is 0.534 e. The van der Waals surface area contributed by atoms with E-state index in [1.807, 2.05) is 44.0 Å². The standard InChI is InChI=1S/C27H33ClF3NO5S/c1-4-5-17-36-25(33)19(2)32(3)16-6-14-26(15-13-20-18-22(28)9-12-24(20)26)21-7-10-23(11-8-21)37-38(34,35)27(29,30)31/h7-12,18-19H,4-6,13-17H2,1-3H3/t19-,26?/m0/s1. The number of halogens is 4. The van der Waals surface area contributed by atoms with Gasteiger partial charge in [0.25, 0.3) is 0 Å². The number of unbranched alkanes of at least 4 members (excludes halogenated alkanes) is 1. The maximum absolute atomic E-state index is 12.7. The normalized spacial score (nSPS) is 18.3. The van der Waals surface area contributed by atoms with E-state index in [-0.39, 0.29) is 5.97 Å². The summed E-state index contributed by atoms with van der Waals surface area (Å²) in [6.45, 7) is 4.86. The molecule has 0 amide bonds. The molecule has 0 spiro atoms. The Balaban J connectivity index is 1.80. The van der Waals surface area contributed by atoms with Crippen LogP contribution >= 0.6 is 11.6 Å². The Morgan fingerprint density at radius 1 is 1.16 bits per heavy atom. The van der Waals surface area contributed by atoms with Crippen molar-refractivity contribution in [2.75, 3.05) is 20.2 Å². The molecule has 0 aromatic heterocycles. The molecule has 6 nitrogen and oxygen atoms in total. The molecule has 0 saturated carbocycles. The fourth-order valence-electron chi connectivity index (χ4n) is 4.87. The van der Waals surface area contributed by atoms with Crippen molar-refractivity contribution in [3.05, 3.63) is 64.2 Å². The monoisotopic (exact) mass is 575 g/mol. The summed E-state index contributed by atoms with van der Waals surface area (Å²) in [4.78, 5) is 14.3. The van der Waals surface area contributed by atoms with Crippen LogP contribution in [0, 0.1) is 0 Å². The van der Waals surface area contributed by atoms with Crippen LogP contribution in [-0.2, 0) is 31.5 Å². The maximum atomic E-state index is 12.7. The first-order valence-electron chi connectivity index (χ1n) is 12.6. The van der Waals surface area contributed by atoms with E-state index < -0.39 is 32.8 Å². The van der Waals surface area contributed by atoms with E-state index in [9.17, 15) is 26.4 Å². The smallest absolute Gasteiger partial charge is 0.465 e. The van der Waals surface area contributed by atoms with Crippen molar-refractivity contribution < 1.29 is 35.3 Å².